The Balaban J connectivity index is 1.94. The van der Waals surface area contributed by atoms with Crippen LogP contribution in [0.2, 0.25) is 0 Å². The summed E-state index contributed by atoms with van der Waals surface area (Å²) in [6, 6.07) is 16.8. The fraction of sp³-hybridized carbons (Fsp3) is 0.517. The molecule has 1 atom stereocenters. The van der Waals surface area contributed by atoms with Crippen molar-refractivity contribution in [2.75, 3.05) is 13.1 Å². The molecule has 0 aliphatic rings. The van der Waals surface area contributed by atoms with Crippen molar-refractivity contribution in [3.63, 3.8) is 0 Å². The molecule has 6 nitrogen and oxygen atoms in total. The third-order valence-corrected chi connectivity index (χ3v) is 5.59. The molecule has 0 bridgehead atoms. The van der Waals surface area contributed by atoms with E-state index >= 15 is 0 Å². The predicted molar refractivity (Wildman–Crippen MR) is 139 cm³/mol. The van der Waals surface area contributed by atoms with E-state index < -0.39 is 17.7 Å². The number of para-hydroxylation sites is 1. The van der Waals surface area contributed by atoms with Gasteiger partial charge in [0.1, 0.15) is 11.4 Å². The van der Waals surface area contributed by atoms with Crippen LogP contribution in [0.25, 0.3) is 0 Å². The maximum Gasteiger partial charge on any atom is 0.410 e. The molecule has 0 aliphatic carbocycles. The highest BCUT2D eigenvalue weighted by Gasteiger charge is 2.22. The molecule has 0 heterocycles. The summed E-state index contributed by atoms with van der Waals surface area (Å²) in [5.41, 5.74) is 1.45. The number of unbranched alkanes of at least 4 members (excludes halogenated alkanes) is 4. The van der Waals surface area contributed by atoms with Crippen molar-refractivity contribution in [1.82, 2.24) is 4.90 Å². The fourth-order valence-electron chi connectivity index (χ4n) is 3.69. The summed E-state index contributed by atoms with van der Waals surface area (Å²) in [6.45, 7) is 9.11. The molecule has 1 N–H and O–H groups in total. The zero-order valence-electron chi connectivity index (χ0n) is 21.7. The number of hydrogen-bond acceptors (Lipinski definition) is 4. The van der Waals surface area contributed by atoms with Gasteiger partial charge in [0.05, 0.1) is 0 Å². The zero-order valence-corrected chi connectivity index (χ0v) is 21.7. The number of nitrogens with zero attached hydrogens (tertiary/aromatic N) is 1. The van der Waals surface area contributed by atoms with Crippen LogP contribution in [0, 0.1) is 0 Å². The maximum absolute atomic E-state index is 12.7. The van der Waals surface area contributed by atoms with Crippen molar-refractivity contribution < 1.29 is 24.2 Å². The minimum atomic E-state index is -0.995. The number of rotatable bonds is 14. The number of hydrogen-bond donors (Lipinski definition) is 1. The number of aliphatic carboxylic acids is 1. The van der Waals surface area contributed by atoms with Gasteiger partial charge in [-0.1, -0.05) is 75.1 Å². The van der Waals surface area contributed by atoms with Crippen LogP contribution in [0.1, 0.15) is 70.9 Å². The van der Waals surface area contributed by atoms with Crippen LogP contribution in [0.5, 0.6) is 5.75 Å². The van der Waals surface area contributed by atoms with Gasteiger partial charge in [0.15, 0.2) is 6.10 Å². The molecule has 192 valence electrons. The monoisotopic (exact) mass is 483 g/mol. The smallest absolute Gasteiger partial charge is 0.410 e. The second-order valence-corrected chi connectivity index (χ2v) is 9.91. The van der Waals surface area contributed by atoms with E-state index in [2.05, 4.69) is 6.92 Å². The van der Waals surface area contributed by atoms with Gasteiger partial charge in [-0.2, -0.15) is 0 Å². The van der Waals surface area contributed by atoms with E-state index in [4.69, 9.17) is 9.47 Å². The molecule has 0 saturated heterocycles. The number of carbonyl (C=O) groups is 2. The Hall–Kier alpha value is -3.02. The summed E-state index contributed by atoms with van der Waals surface area (Å²) in [5.74, 6) is -0.460. The van der Waals surface area contributed by atoms with Gasteiger partial charge in [0.2, 0.25) is 0 Å². The van der Waals surface area contributed by atoms with E-state index in [0.717, 1.165) is 24.0 Å². The standard InChI is InChI=1S/C29H41NO5/c1-5-6-7-8-12-20-30(28(33)35-29(2,3)4)21-19-23-15-17-24(18-16-23)22-26(27(31)32)34-25-13-10-9-11-14-25/h9-11,13-18,26H,5-8,12,19-22H2,1-4H3,(H,31,32). The second kappa shape index (κ2) is 14.4. The third-order valence-electron chi connectivity index (χ3n) is 5.59. The zero-order chi connectivity index (χ0) is 25.7. The lowest BCUT2D eigenvalue weighted by atomic mass is 10.0. The molecule has 0 saturated carbocycles. The van der Waals surface area contributed by atoms with Crippen LogP contribution < -0.4 is 4.74 Å². The van der Waals surface area contributed by atoms with Gasteiger partial charge < -0.3 is 19.5 Å². The first-order chi connectivity index (χ1) is 16.7. The van der Waals surface area contributed by atoms with Crippen LogP contribution in [-0.4, -0.2) is 46.9 Å². The molecule has 35 heavy (non-hydrogen) atoms. The van der Waals surface area contributed by atoms with Crippen LogP contribution in [0.15, 0.2) is 54.6 Å². The summed E-state index contributed by atoms with van der Waals surface area (Å²) in [5, 5.41) is 9.57. The van der Waals surface area contributed by atoms with E-state index in [0.29, 0.717) is 25.3 Å². The van der Waals surface area contributed by atoms with E-state index in [1.165, 1.54) is 19.3 Å². The maximum atomic E-state index is 12.7. The lowest BCUT2D eigenvalue weighted by Crippen LogP contribution is -2.38. The van der Waals surface area contributed by atoms with Crippen molar-refractivity contribution >= 4 is 12.1 Å². The third kappa shape index (κ3) is 11.3. The van der Waals surface area contributed by atoms with Crippen LogP contribution in [-0.2, 0) is 22.4 Å². The van der Waals surface area contributed by atoms with Crippen molar-refractivity contribution in [3.05, 3.63) is 65.7 Å². The van der Waals surface area contributed by atoms with E-state index in [1.54, 1.807) is 17.0 Å². The molecule has 0 aromatic heterocycles. The summed E-state index contributed by atoms with van der Waals surface area (Å²) in [6.07, 6.45) is 5.42. The average Bonchev–Trinajstić information content (AvgIpc) is 2.80. The van der Waals surface area contributed by atoms with E-state index in [-0.39, 0.29) is 12.5 Å². The molecule has 1 amide bonds. The highest BCUT2D eigenvalue weighted by atomic mass is 16.6. The second-order valence-electron chi connectivity index (χ2n) is 9.91. The highest BCUT2D eigenvalue weighted by molar-refractivity contribution is 5.73. The molecule has 2 aromatic carbocycles. The van der Waals surface area contributed by atoms with Gasteiger partial charge in [-0.25, -0.2) is 9.59 Å². The van der Waals surface area contributed by atoms with Crippen molar-refractivity contribution in [3.8, 4) is 5.75 Å². The molecule has 0 radical (unpaired) electrons. The minimum Gasteiger partial charge on any atom is -0.478 e. The fourth-order valence-corrected chi connectivity index (χ4v) is 3.69. The molecule has 1 unspecified atom stereocenters. The number of carboxylic acids is 1. The van der Waals surface area contributed by atoms with E-state index in [1.807, 2.05) is 63.2 Å². The molecule has 0 fully saturated rings. The van der Waals surface area contributed by atoms with Gasteiger partial charge >= 0.3 is 12.1 Å². The normalized spacial score (nSPS) is 12.1. The van der Waals surface area contributed by atoms with Gasteiger partial charge in [-0.05, 0) is 56.9 Å². The lowest BCUT2D eigenvalue weighted by Gasteiger charge is -2.27. The summed E-state index contributed by atoms with van der Waals surface area (Å²) >= 11 is 0. The molecule has 0 aliphatic heterocycles. The van der Waals surface area contributed by atoms with Crippen LogP contribution in [0.4, 0.5) is 4.79 Å². The number of carboxylic acid groups (broad SMARTS) is 1. The first kappa shape index (κ1) is 28.2. The van der Waals surface area contributed by atoms with Gasteiger partial charge in [-0.3, -0.25) is 0 Å². The number of benzene rings is 2. The first-order valence-electron chi connectivity index (χ1n) is 12.7. The van der Waals surface area contributed by atoms with Crippen molar-refractivity contribution in [1.29, 1.82) is 0 Å². The SMILES string of the molecule is CCCCCCCN(CCc1ccc(CC(Oc2ccccc2)C(=O)O)cc1)C(=O)OC(C)(C)C. The van der Waals surface area contributed by atoms with Crippen LogP contribution >= 0.6 is 0 Å². The Morgan fingerprint density at radius 3 is 2.11 bits per heavy atom. The predicted octanol–water partition coefficient (Wildman–Crippen LogP) is 6.51. The quantitative estimate of drug-likeness (QED) is 0.310. The Kier molecular flexibility index (Phi) is 11.6. The lowest BCUT2D eigenvalue weighted by molar-refractivity contribution is -0.145. The van der Waals surface area contributed by atoms with Crippen molar-refractivity contribution in [2.24, 2.45) is 0 Å². The number of carbonyl (C=O) groups excluding carboxylic acids is 1. The number of ether oxygens (including phenoxy) is 2. The Morgan fingerprint density at radius 1 is 0.886 bits per heavy atom. The van der Waals surface area contributed by atoms with Crippen molar-refractivity contribution in [2.45, 2.75) is 84.3 Å². The average molecular weight is 484 g/mol. The molecule has 2 aromatic rings. The van der Waals surface area contributed by atoms with Gasteiger partial charge in [0.25, 0.3) is 0 Å². The van der Waals surface area contributed by atoms with E-state index in [9.17, 15) is 14.7 Å². The van der Waals surface area contributed by atoms with Gasteiger partial charge in [-0.15, -0.1) is 0 Å². The summed E-state index contributed by atoms with van der Waals surface area (Å²) in [7, 11) is 0. The molecular formula is C29H41NO5. The van der Waals surface area contributed by atoms with Gasteiger partial charge in [0, 0.05) is 19.5 Å². The Labute approximate surface area is 210 Å². The number of amides is 1. The highest BCUT2D eigenvalue weighted by Crippen LogP contribution is 2.16. The Morgan fingerprint density at radius 2 is 1.51 bits per heavy atom. The molecule has 2 rings (SSSR count). The first-order valence-corrected chi connectivity index (χ1v) is 12.7. The Bertz CT molecular complexity index is 890. The topological polar surface area (TPSA) is 76.1 Å². The minimum absolute atomic E-state index is 0.270. The largest absolute Gasteiger partial charge is 0.478 e. The summed E-state index contributed by atoms with van der Waals surface area (Å²) < 4.78 is 11.3. The molecule has 6 heteroatoms. The summed E-state index contributed by atoms with van der Waals surface area (Å²) in [4.78, 5) is 26.2. The molecular weight excluding hydrogens is 442 g/mol. The van der Waals surface area contributed by atoms with Crippen LogP contribution in [0.3, 0.4) is 0 Å². The molecule has 0 spiro atoms.